The van der Waals surface area contributed by atoms with Crippen molar-refractivity contribution in [1.29, 1.82) is 0 Å². The molecule has 0 unspecified atom stereocenters. The zero-order valence-corrected chi connectivity index (χ0v) is 28.0. The molecule has 1 spiro atoms. The zero-order chi connectivity index (χ0) is 31.3. The van der Waals surface area contributed by atoms with Crippen LogP contribution in [0, 0.1) is 16.9 Å². The fraction of sp³-hybridized carbons (Fsp3) is 0.548. The number of hydrogen-bond donors (Lipinski definition) is 2. The third-order valence-electron chi connectivity index (χ3n) is 8.08. The lowest BCUT2D eigenvalue weighted by Gasteiger charge is -2.43. The number of carbonyl (C=O) groups is 1. The molecule has 2 saturated heterocycles. The molecule has 4 heterocycles. The number of amides is 1. The second kappa shape index (κ2) is 11.3. The normalized spacial score (nSPS) is 20.3. The van der Waals surface area contributed by atoms with Crippen molar-refractivity contribution in [3.05, 3.63) is 39.1 Å². The Morgan fingerprint density at radius 2 is 1.95 bits per heavy atom. The first kappa shape index (κ1) is 31.1. The summed E-state index contributed by atoms with van der Waals surface area (Å²) in [6, 6.07) is 5.44. The van der Waals surface area contributed by atoms with Crippen LogP contribution in [-0.4, -0.2) is 71.4 Å². The zero-order valence-electron chi connectivity index (χ0n) is 26.2. The Morgan fingerprint density at radius 1 is 1.26 bits per heavy atom. The van der Waals surface area contributed by atoms with Crippen LogP contribution >= 0.6 is 11.6 Å². The van der Waals surface area contributed by atoms with E-state index in [1.54, 1.807) is 11.6 Å². The number of alkyl carbamates (subject to hydrolysis) is 1. The molecule has 3 aromatic rings. The summed E-state index contributed by atoms with van der Waals surface area (Å²) in [5.74, 6) is 3.79. The molecule has 2 N–H and O–H groups in total. The summed E-state index contributed by atoms with van der Waals surface area (Å²) in [6.45, 7) is 15.9. The molecule has 2 fully saturated rings. The van der Waals surface area contributed by atoms with Gasteiger partial charge in [0.1, 0.15) is 24.8 Å². The number of aromatic amines is 1. The monoisotopic (exact) mass is 624 g/mol. The summed E-state index contributed by atoms with van der Waals surface area (Å²) in [5.41, 5.74) is 4.56. The maximum Gasteiger partial charge on any atom is 0.407 e. The van der Waals surface area contributed by atoms with Crippen LogP contribution in [0.5, 0.6) is 0 Å². The Kier molecular flexibility index (Phi) is 8.18. The number of piperidine rings is 1. The number of nitrogens with one attached hydrogen (secondary N) is 2. The number of hydrogen-bond acceptors (Lipinski definition) is 7. The number of fused-ring (bicyclic) bond motifs is 1. The summed E-state index contributed by atoms with van der Waals surface area (Å²) in [5, 5.41) is 11.4. The van der Waals surface area contributed by atoms with Crippen molar-refractivity contribution in [1.82, 2.24) is 25.1 Å². The predicted molar refractivity (Wildman–Crippen MR) is 172 cm³/mol. The highest BCUT2D eigenvalue weighted by Gasteiger charge is 2.50. The van der Waals surface area contributed by atoms with Crippen LogP contribution in [-0.2, 0) is 16.5 Å². The maximum atomic E-state index is 13.8. The lowest BCUT2D eigenvalue weighted by Crippen LogP contribution is -2.55. The molecule has 0 radical (unpaired) electrons. The molecule has 43 heavy (non-hydrogen) atoms. The Morgan fingerprint density at radius 3 is 2.60 bits per heavy atom. The minimum absolute atomic E-state index is 0.131. The van der Waals surface area contributed by atoms with Crippen LogP contribution < -0.4 is 15.8 Å². The smallest absolute Gasteiger partial charge is 0.407 e. The Hall–Kier alpha value is -3.33. The van der Waals surface area contributed by atoms with Crippen molar-refractivity contribution in [2.45, 2.75) is 77.9 Å². The van der Waals surface area contributed by atoms with Crippen LogP contribution in [0.1, 0.15) is 46.1 Å². The van der Waals surface area contributed by atoms with Crippen molar-refractivity contribution >= 4 is 42.7 Å². The van der Waals surface area contributed by atoms with Gasteiger partial charge in [0.25, 0.3) is 5.56 Å². The molecule has 10 nitrogen and oxygen atoms in total. The van der Waals surface area contributed by atoms with Gasteiger partial charge >= 0.3 is 6.09 Å². The van der Waals surface area contributed by atoms with Gasteiger partial charge in [-0.1, -0.05) is 49.3 Å². The molecule has 2 atom stereocenters. The number of halogens is 1. The number of aromatic nitrogens is 4. The van der Waals surface area contributed by atoms with Gasteiger partial charge < -0.3 is 19.7 Å². The number of carbonyl (C=O) groups excluding carboxylic acids is 1. The molecule has 1 amide bonds. The summed E-state index contributed by atoms with van der Waals surface area (Å²) < 4.78 is 13.1. The van der Waals surface area contributed by atoms with E-state index in [1.165, 1.54) is 0 Å². The first-order valence-electron chi connectivity index (χ1n) is 14.7. The number of H-pyrrole nitrogens is 1. The first-order chi connectivity index (χ1) is 20.1. The van der Waals surface area contributed by atoms with Crippen molar-refractivity contribution < 1.29 is 14.3 Å². The molecule has 2 aliphatic heterocycles. The van der Waals surface area contributed by atoms with E-state index >= 15 is 0 Å². The third kappa shape index (κ3) is 6.32. The molecular formula is C31H41ClN6O4Si. The SMILES string of the molecule is C[C@@H]1OCC2(CCN(c3nc4[nH]nc(-c5cccc(C#C[Si](C)(C)C)c5Cl)c4c(=O)n3C)CC2)[C@@H]1NC(=O)OC(C)(C)C. The van der Waals surface area contributed by atoms with Crippen LogP contribution in [0.25, 0.3) is 22.3 Å². The average molecular weight is 625 g/mol. The minimum atomic E-state index is -1.60. The first-order valence-corrected chi connectivity index (χ1v) is 18.6. The molecule has 0 bridgehead atoms. The molecule has 2 aliphatic rings. The Balaban J connectivity index is 1.40. The molecule has 12 heteroatoms. The third-order valence-corrected chi connectivity index (χ3v) is 9.36. The number of ether oxygens (including phenoxy) is 2. The molecule has 1 aromatic carbocycles. The van der Waals surface area contributed by atoms with Gasteiger partial charge in [0, 0.05) is 36.7 Å². The van der Waals surface area contributed by atoms with Crippen LogP contribution in [0.2, 0.25) is 24.7 Å². The lowest BCUT2D eigenvalue weighted by atomic mass is 9.73. The fourth-order valence-corrected chi connectivity index (χ4v) is 6.66. The van der Waals surface area contributed by atoms with E-state index in [1.807, 2.05) is 45.9 Å². The van der Waals surface area contributed by atoms with Gasteiger partial charge in [-0.2, -0.15) is 10.1 Å². The topological polar surface area (TPSA) is 114 Å². The van der Waals surface area contributed by atoms with Gasteiger partial charge in [-0.15, -0.1) is 5.54 Å². The summed E-state index contributed by atoms with van der Waals surface area (Å²) in [6.07, 6.45) is 0.963. The second-order valence-corrected chi connectivity index (χ2v) is 18.9. The van der Waals surface area contributed by atoms with Gasteiger partial charge in [-0.05, 0) is 46.6 Å². The van der Waals surface area contributed by atoms with E-state index in [9.17, 15) is 9.59 Å². The largest absolute Gasteiger partial charge is 0.444 e. The van der Waals surface area contributed by atoms with E-state index in [0.29, 0.717) is 58.5 Å². The van der Waals surface area contributed by atoms with Crippen molar-refractivity contribution in [2.24, 2.45) is 12.5 Å². The molecule has 230 valence electrons. The highest BCUT2D eigenvalue weighted by atomic mass is 35.5. The molecule has 0 aliphatic carbocycles. The average Bonchev–Trinajstić information content (AvgIpc) is 3.46. The van der Waals surface area contributed by atoms with Gasteiger partial charge in [0.05, 0.1) is 23.8 Å². The summed E-state index contributed by atoms with van der Waals surface area (Å²) >= 11 is 6.80. The standard InChI is InChI=1S/C31H41ClN6O4Si/c1-19-25(33-29(40)42-30(2,3)4)31(18-41-19)13-15-38(16-14-31)28-34-26-22(27(39)37(28)5)24(35-36-26)21-11-9-10-20(23(21)32)12-17-43(6,7)8/h9-11,19,25H,13-16,18H2,1-8H3,(H,33,40)(H,35,36)/t19-,25+/m0/s1. The minimum Gasteiger partial charge on any atom is -0.444 e. The highest BCUT2D eigenvalue weighted by Crippen LogP contribution is 2.43. The van der Waals surface area contributed by atoms with E-state index in [4.69, 9.17) is 26.1 Å². The fourth-order valence-electron chi connectivity index (χ4n) is 5.89. The Bertz CT molecular complexity index is 1670. The molecule has 5 rings (SSSR count). The van der Waals surface area contributed by atoms with Crippen LogP contribution in [0.15, 0.2) is 23.0 Å². The van der Waals surface area contributed by atoms with Gasteiger partial charge in [0.2, 0.25) is 5.95 Å². The predicted octanol–water partition coefficient (Wildman–Crippen LogP) is 5.10. The molecular weight excluding hydrogens is 584 g/mol. The van der Waals surface area contributed by atoms with Gasteiger partial charge in [0.15, 0.2) is 5.65 Å². The van der Waals surface area contributed by atoms with Crippen LogP contribution in [0.4, 0.5) is 10.7 Å². The van der Waals surface area contributed by atoms with Crippen molar-refractivity contribution in [3.63, 3.8) is 0 Å². The van der Waals surface area contributed by atoms with Crippen molar-refractivity contribution in [2.75, 3.05) is 24.6 Å². The maximum absolute atomic E-state index is 13.8. The number of nitrogens with zero attached hydrogens (tertiary/aromatic N) is 4. The van der Waals surface area contributed by atoms with Gasteiger partial charge in [-0.25, -0.2) is 4.79 Å². The van der Waals surface area contributed by atoms with E-state index in [2.05, 4.69) is 51.5 Å². The summed E-state index contributed by atoms with van der Waals surface area (Å²) in [4.78, 5) is 33.4. The van der Waals surface area contributed by atoms with E-state index in [0.717, 1.165) is 12.8 Å². The summed E-state index contributed by atoms with van der Waals surface area (Å²) in [7, 11) is 0.128. The van der Waals surface area contributed by atoms with Crippen LogP contribution in [0.3, 0.4) is 0 Å². The van der Waals surface area contributed by atoms with E-state index < -0.39 is 19.8 Å². The highest BCUT2D eigenvalue weighted by molar-refractivity contribution is 6.83. The van der Waals surface area contributed by atoms with Gasteiger partial charge in [-0.3, -0.25) is 14.5 Å². The second-order valence-electron chi connectivity index (χ2n) is 13.7. The molecule has 0 saturated carbocycles. The lowest BCUT2D eigenvalue weighted by molar-refractivity contribution is 0.0434. The molecule has 2 aromatic heterocycles. The van der Waals surface area contributed by atoms with Crippen molar-refractivity contribution in [3.8, 4) is 22.7 Å². The quantitative estimate of drug-likeness (QED) is 0.308. The van der Waals surface area contributed by atoms with E-state index in [-0.39, 0.29) is 23.1 Å². The number of anilines is 1. The Labute approximate surface area is 258 Å². The number of benzene rings is 1. The number of rotatable bonds is 3.